The third-order valence-electron chi connectivity index (χ3n) is 6.21. The van der Waals surface area contributed by atoms with Crippen molar-refractivity contribution in [3.63, 3.8) is 0 Å². The molecular weight excluding hydrogens is 412 g/mol. The van der Waals surface area contributed by atoms with Gasteiger partial charge < -0.3 is 9.64 Å². The summed E-state index contributed by atoms with van der Waals surface area (Å²) < 4.78 is 7.23. The van der Waals surface area contributed by atoms with Crippen LogP contribution in [-0.2, 0) is 6.54 Å². The molecule has 1 saturated heterocycles. The highest BCUT2D eigenvalue weighted by Gasteiger charge is 2.30. The Kier molecular flexibility index (Phi) is 6.30. The number of piperazine rings is 1. The first-order valence-corrected chi connectivity index (χ1v) is 11.3. The topological polar surface area (TPSA) is 59.3 Å². The minimum atomic E-state index is 0.00271. The lowest BCUT2D eigenvalue weighted by Gasteiger charge is -2.40. The van der Waals surface area contributed by atoms with Crippen LogP contribution in [0.25, 0.3) is 0 Å². The molecule has 1 unspecified atom stereocenters. The second kappa shape index (κ2) is 9.83. The van der Waals surface area contributed by atoms with E-state index in [9.17, 15) is 0 Å². The Bertz CT molecular complexity index is 1140. The highest BCUT2D eigenvalue weighted by atomic mass is 16.5. The molecule has 4 aromatic rings. The molecule has 0 amide bonds. The molecule has 5 rings (SSSR count). The number of ether oxygens (including phenoxy) is 1. The van der Waals surface area contributed by atoms with E-state index in [1.807, 2.05) is 35.0 Å². The zero-order valence-electron chi connectivity index (χ0n) is 18.8. The van der Waals surface area contributed by atoms with E-state index in [0.29, 0.717) is 6.54 Å². The lowest BCUT2D eigenvalue weighted by atomic mass is 10.0. The van der Waals surface area contributed by atoms with Crippen LogP contribution in [0.4, 0.5) is 5.69 Å². The normalized spacial score (nSPS) is 15.4. The molecule has 0 spiro atoms. The standard InChI is InChI=1S/C26H28N6O/c1-33-24-14-12-23(13-15-24)30-16-18-31(19-17-30)25(22-10-6-3-7-11-22)26-27-28-29-32(26)20-21-8-4-2-5-9-21/h2-15,25H,16-20H2,1H3. The van der Waals surface area contributed by atoms with Crippen LogP contribution in [0.2, 0.25) is 0 Å². The molecule has 33 heavy (non-hydrogen) atoms. The van der Waals surface area contributed by atoms with E-state index in [-0.39, 0.29) is 6.04 Å². The average molecular weight is 441 g/mol. The second-order valence-electron chi connectivity index (χ2n) is 8.21. The third-order valence-corrected chi connectivity index (χ3v) is 6.21. The molecule has 2 heterocycles. The molecule has 1 aliphatic rings. The van der Waals surface area contributed by atoms with Gasteiger partial charge in [-0.3, -0.25) is 4.90 Å². The van der Waals surface area contributed by atoms with Gasteiger partial charge in [-0.1, -0.05) is 60.7 Å². The average Bonchev–Trinajstić information content (AvgIpc) is 3.33. The minimum Gasteiger partial charge on any atom is -0.497 e. The number of methoxy groups -OCH3 is 1. The smallest absolute Gasteiger partial charge is 0.173 e. The van der Waals surface area contributed by atoms with Crippen LogP contribution < -0.4 is 9.64 Å². The molecule has 3 aromatic carbocycles. The molecule has 0 saturated carbocycles. The predicted octanol–water partition coefficient (Wildman–Crippen LogP) is 3.64. The Hall–Kier alpha value is -3.71. The van der Waals surface area contributed by atoms with Gasteiger partial charge in [0.1, 0.15) is 5.75 Å². The van der Waals surface area contributed by atoms with Crippen molar-refractivity contribution < 1.29 is 4.74 Å². The summed E-state index contributed by atoms with van der Waals surface area (Å²) >= 11 is 0. The molecule has 168 valence electrons. The van der Waals surface area contributed by atoms with Crippen molar-refractivity contribution >= 4 is 5.69 Å². The fourth-order valence-electron chi connectivity index (χ4n) is 4.47. The first kappa shape index (κ1) is 21.2. The number of aromatic nitrogens is 4. The largest absolute Gasteiger partial charge is 0.497 e. The molecule has 1 atom stereocenters. The summed E-state index contributed by atoms with van der Waals surface area (Å²) in [4.78, 5) is 4.91. The molecule has 0 N–H and O–H groups in total. The zero-order chi connectivity index (χ0) is 22.5. The number of anilines is 1. The molecule has 7 heteroatoms. The van der Waals surface area contributed by atoms with Gasteiger partial charge in [0.15, 0.2) is 5.82 Å². The summed E-state index contributed by atoms with van der Waals surface area (Å²) in [5.41, 5.74) is 3.61. The van der Waals surface area contributed by atoms with Crippen molar-refractivity contribution in [1.82, 2.24) is 25.1 Å². The Labute approximate surface area is 194 Å². The molecule has 7 nitrogen and oxygen atoms in total. The number of rotatable bonds is 7. The van der Waals surface area contributed by atoms with E-state index < -0.39 is 0 Å². The first-order chi connectivity index (χ1) is 16.3. The van der Waals surface area contributed by atoms with Crippen molar-refractivity contribution in [2.24, 2.45) is 0 Å². The van der Waals surface area contributed by atoms with Gasteiger partial charge in [0.05, 0.1) is 19.7 Å². The highest BCUT2D eigenvalue weighted by molar-refractivity contribution is 5.49. The molecule has 0 radical (unpaired) electrons. The number of hydrogen-bond acceptors (Lipinski definition) is 6. The molecular formula is C26H28N6O. The van der Waals surface area contributed by atoms with Crippen LogP contribution in [0.3, 0.4) is 0 Å². The van der Waals surface area contributed by atoms with Crippen molar-refractivity contribution in [3.05, 3.63) is 102 Å². The van der Waals surface area contributed by atoms with Crippen molar-refractivity contribution in [2.75, 3.05) is 38.2 Å². The first-order valence-electron chi connectivity index (χ1n) is 11.3. The lowest BCUT2D eigenvalue weighted by Crippen LogP contribution is -2.48. The van der Waals surface area contributed by atoms with Gasteiger partial charge in [0.2, 0.25) is 0 Å². The maximum atomic E-state index is 5.30. The molecule has 0 aliphatic carbocycles. The van der Waals surface area contributed by atoms with Crippen LogP contribution in [0.1, 0.15) is 23.0 Å². The van der Waals surface area contributed by atoms with Crippen molar-refractivity contribution in [1.29, 1.82) is 0 Å². The van der Waals surface area contributed by atoms with Crippen LogP contribution in [0.15, 0.2) is 84.9 Å². The van der Waals surface area contributed by atoms with Crippen molar-refractivity contribution in [3.8, 4) is 5.75 Å². The quantitative estimate of drug-likeness (QED) is 0.437. The zero-order valence-corrected chi connectivity index (χ0v) is 18.8. The summed E-state index contributed by atoms with van der Waals surface area (Å²) in [6.07, 6.45) is 0. The maximum absolute atomic E-state index is 5.30. The highest BCUT2D eigenvalue weighted by Crippen LogP contribution is 2.29. The summed E-state index contributed by atoms with van der Waals surface area (Å²) in [5.74, 6) is 1.76. The summed E-state index contributed by atoms with van der Waals surface area (Å²) in [7, 11) is 1.70. The van der Waals surface area contributed by atoms with E-state index >= 15 is 0 Å². The summed E-state index contributed by atoms with van der Waals surface area (Å²) in [6.45, 7) is 4.37. The van der Waals surface area contributed by atoms with Gasteiger partial charge in [-0.15, -0.1) is 5.10 Å². The molecule has 0 bridgehead atoms. The van der Waals surface area contributed by atoms with Gasteiger partial charge in [-0.2, -0.15) is 0 Å². The fraction of sp³-hybridized carbons (Fsp3) is 0.269. The Morgan fingerprint density at radius 1 is 0.818 bits per heavy atom. The van der Waals surface area contributed by atoms with E-state index in [2.05, 4.69) is 79.9 Å². The van der Waals surface area contributed by atoms with Crippen LogP contribution in [-0.4, -0.2) is 58.4 Å². The van der Waals surface area contributed by atoms with Gasteiger partial charge >= 0.3 is 0 Å². The Balaban J connectivity index is 1.38. The molecule has 1 aromatic heterocycles. The van der Waals surface area contributed by atoms with Gasteiger partial charge in [-0.25, -0.2) is 4.68 Å². The number of nitrogens with zero attached hydrogens (tertiary/aromatic N) is 6. The molecule has 1 fully saturated rings. The SMILES string of the molecule is COc1ccc(N2CCN(C(c3ccccc3)c3nnnn3Cc3ccccc3)CC2)cc1. The van der Waals surface area contributed by atoms with Gasteiger partial charge in [-0.05, 0) is 45.8 Å². The minimum absolute atomic E-state index is 0.00271. The van der Waals surface area contributed by atoms with Crippen LogP contribution in [0, 0.1) is 0 Å². The third kappa shape index (κ3) is 4.73. The molecule has 1 aliphatic heterocycles. The van der Waals surface area contributed by atoms with Crippen molar-refractivity contribution in [2.45, 2.75) is 12.6 Å². The predicted molar refractivity (Wildman–Crippen MR) is 128 cm³/mol. The number of tetrazole rings is 1. The lowest BCUT2D eigenvalue weighted by molar-refractivity contribution is 0.201. The van der Waals surface area contributed by atoms with Crippen LogP contribution in [0.5, 0.6) is 5.75 Å². The van der Waals surface area contributed by atoms with E-state index in [1.165, 1.54) is 16.8 Å². The second-order valence-corrected chi connectivity index (χ2v) is 8.21. The Morgan fingerprint density at radius 3 is 2.15 bits per heavy atom. The van der Waals surface area contributed by atoms with E-state index in [1.54, 1.807) is 7.11 Å². The monoisotopic (exact) mass is 440 g/mol. The van der Waals surface area contributed by atoms with Crippen LogP contribution >= 0.6 is 0 Å². The summed E-state index contributed by atoms with van der Waals surface area (Å²) in [5, 5.41) is 12.9. The fourth-order valence-corrected chi connectivity index (χ4v) is 4.47. The van der Waals surface area contributed by atoms with Gasteiger partial charge in [0, 0.05) is 31.9 Å². The van der Waals surface area contributed by atoms with Gasteiger partial charge in [0.25, 0.3) is 0 Å². The van der Waals surface area contributed by atoms with E-state index in [4.69, 9.17) is 4.74 Å². The van der Waals surface area contributed by atoms with E-state index in [0.717, 1.165) is 37.8 Å². The Morgan fingerprint density at radius 2 is 1.48 bits per heavy atom. The maximum Gasteiger partial charge on any atom is 0.173 e. The number of hydrogen-bond donors (Lipinski definition) is 0. The number of benzene rings is 3. The summed E-state index contributed by atoms with van der Waals surface area (Å²) in [6, 6.07) is 29.2.